The average Bonchev–Trinajstić information content (AvgIpc) is 3.10. The van der Waals surface area contributed by atoms with Crippen molar-refractivity contribution in [3.8, 4) is 0 Å². The minimum absolute atomic E-state index is 0.369. The largest absolute Gasteiger partial charge is 0.406 e. The van der Waals surface area contributed by atoms with Crippen LogP contribution in [-0.2, 0) is 19.5 Å². The molecule has 0 spiro atoms. The molecule has 23 heavy (non-hydrogen) atoms. The zero-order valence-corrected chi connectivity index (χ0v) is 12.8. The van der Waals surface area contributed by atoms with Crippen molar-refractivity contribution >= 4 is 0 Å². The fourth-order valence-electron chi connectivity index (χ4n) is 3.23. The molecule has 3 nitrogen and oxygen atoms in total. The van der Waals surface area contributed by atoms with Crippen molar-refractivity contribution in [2.24, 2.45) is 0 Å². The fourth-order valence-corrected chi connectivity index (χ4v) is 3.23. The standard InChI is InChI=1S/C17H20F3N3/c18-17(19,20)13-23-10-8-21-16(23)12-22-9-4-7-15(22)11-14-5-2-1-3-6-14/h1-3,5-6,8,10,15H,4,7,9,11-13H2. The van der Waals surface area contributed by atoms with Crippen molar-refractivity contribution in [1.29, 1.82) is 0 Å². The first-order valence-corrected chi connectivity index (χ1v) is 7.86. The molecule has 1 aromatic heterocycles. The van der Waals surface area contributed by atoms with E-state index >= 15 is 0 Å². The van der Waals surface area contributed by atoms with Crippen molar-refractivity contribution in [2.45, 2.75) is 44.6 Å². The van der Waals surface area contributed by atoms with E-state index in [1.54, 1.807) is 0 Å². The summed E-state index contributed by atoms with van der Waals surface area (Å²) in [4.78, 5) is 6.38. The molecule has 0 bridgehead atoms. The molecule has 0 aliphatic carbocycles. The topological polar surface area (TPSA) is 21.1 Å². The first kappa shape index (κ1) is 16.1. The molecule has 0 saturated carbocycles. The molecule has 1 unspecified atom stereocenters. The van der Waals surface area contributed by atoms with Gasteiger partial charge in [0.05, 0.1) is 6.54 Å². The summed E-state index contributed by atoms with van der Waals surface area (Å²) < 4.78 is 39.0. The number of halogens is 3. The van der Waals surface area contributed by atoms with Gasteiger partial charge in [-0.2, -0.15) is 13.2 Å². The molecule has 0 N–H and O–H groups in total. The van der Waals surface area contributed by atoms with Crippen LogP contribution in [0.15, 0.2) is 42.7 Å². The first-order chi connectivity index (χ1) is 11.0. The van der Waals surface area contributed by atoms with Crippen molar-refractivity contribution in [3.05, 3.63) is 54.1 Å². The van der Waals surface area contributed by atoms with E-state index in [2.05, 4.69) is 22.0 Å². The van der Waals surface area contributed by atoms with Crippen LogP contribution < -0.4 is 0 Å². The smallest absolute Gasteiger partial charge is 0.325 e. The lowest BCUT2D eigenvalue weighted by molar-refractivity contribution is -0.141. The molecular weight excluding hydrogens is 303 g/mol. The number of nitrogens with zero attached hydrogens (tertiary/aromatic N) is 3. The van der Waals surface area contributed by atoms with Gasteiger partial charge in [-0.15, -0.1) is 0 Å². The van der Waals surface area contributed by atoms with E-state index in [4.69, 9.17) is 0 Å². The highest BCUT2D eigenvalue weighted by Crippen LogP contribution is 2.24. The second-order valence-electron chi connectivity index (χ2n) is 6.04. The summed E-state index contributed by atoms with van der Waals surface area (Å²) in [6.07, 6.45) is 1.73. The maximum Gasteiger partial charge on any atom is 0.406 e. The lowest BCUT2D eigenvalue weighted by Gasteiger charge is -2.24. The van der Waals surface area contributed by atoms with E-state index in [0.29, 0.717) is 18.4 Å². The van der Waals surface area contributed by atoms with Gasteiger partial charge >= 0.3 is 6.18 Å². The number of alkyl halides is 3. The third-order valence-corrected chi connectivity index (χ3v) is 4.31. The molecule has 1 saturated heterocycles. The normalized spacial score (nSPS) is 19.3. The van der Waals surface area contributed by atoms with Crippen molar-refractivity contribution in [3.63, 3.8) is 0 Å². The van der Waals surface area contributed by atoms with Gasteiger partial charge in [0, 0.05) is 18.4 Å². The van der Waals surface area contributed by atoms with Gasteiger partial charge in [0.1, 0.15) is 12.4 Å². The Kier molecular flexibility index (Phi) is 4.71. The van der Waals surface area contributed by atoms with Crippen molar-refractivity contribution in [1.82, 2.24) is 14.5 Å². The number of hydrogen-bond acceptors (Lipinski definition) is 2. The highest BCUT2D eigenvalue weighted by Gasteiger charge is 2.30. The van der Waals surface area contributed by atoms with Gasteiger partial charge in [-0.3, -0.25) is 4.90 Å². The predicted molar refractivity (Wildman–Crippen MR) is 81.9 cm³/mol. The number of likely N-dealkylation sites (tertiary alicyclic amines) is 1. The summed E-state index contributed by atoms with van der Waals surface area (Å²) in [6, 6.07) is 10.6. The Morgan fingerprint density at radius 2 is 1.96 bits per heavy atom. The monoisotopic (exact) mass is 323 g/mol. The maximum absolute atomic E-state index is 12.6. The third kappa shape index (κ3) is 4.34. The Bertz CT molecular complexity index is 622. The van der Waals surface area contributed by atoms with E-state index in [1.807, 2.05) is 18.2 Å². The molecule has 1 fully saturated rings. The van der Waals surface area contributed by atoms with Crippen LogP contribution in [0.5, 0.6) is 0 Å². The first-order valence-electron chi connectivity index (χ1n) is 7.86. The molecule has 124 valence electrons. The van der Waals surface area contributed by atoms with Crippen LogP contribution in [0.25, 0.3) is 0 Å². The zero-order chi connectivity index (χ0) is 16.3. The minimum Gasteiger partial charge on any atom is -0.325 e. The molecule has 0 radical (unpaired) electrons. The highest BCUT2D eigenvalue weighted by molar-refractivity contribution is 5.16. The Balaban J connectivity index is 1.66. The van der Waals surface area contributed by atoms with E-state index in [-0.39, 0.29) is 0 Å². The fraction of sp³-hybridized carbons (Fsp3) is 0.471. The molecule has 1 aliphatic rings. The van der Waals surface area contributed by atoms with Crippen molar-refractivity contribution < 1.29 is 13.2 Å². The number of aromatic nitrogens is 2. The summed E-state index contributed by atoms with van der Waals surface area (Å²) in [5.41, 5.74) is 1.27. The van der Waals surface area contributed by atoms with Gasteiger partial charge in [-0.1, -0.05) is 30.3 Å². The predicted octanol–water partition coefficient (Wildman–Crippen LogP) is 3.65. The van der Waals surface area contributed by atoms with Crippen LogP contribution in [0.2, 0.25) is 0 Å². The molecule has 1 aromatic carbocycles. The van der Waals surface area contributed by atoms with Crippen LogP contribution in [0, 0.1) is 0 Å². The Hall–Kier alpha value is -1.82. The summed E-state index contributed by atoms with van der Waals surface area (Å²) in [5.74, 6) is 0.488. The maximum atomic E-state index is 12.6. The summed E-state index contributed by atoms with van der Waals surface area (Å²) in [7, 11) is 0. The number of imidazole rings is 1. The molecule has 0 amide bonds. The van der Waals surface area contributed by atoms with E-state index in [0.717, 1.165) is 25.8 Å². The Labute approximate surface area is 133 Å². The molecule has 2 aromatic rings. The van der Waals surface area contributed by atoms with E-state index < -0.39 is 12.7 Å². The van der Waals surface area contributed by atoms with Crippen LogP contribution in [0.1, 0.15) is 24.2 Å². The van der Waals surface area contributed by atoms with Gasteiger partial charge in [0.15, 0.2) is 0 Å². The molecular formula is C17H20F3N3. The van der Waals surface area contributed by atoms with Gasteiger partial charge in [0.2, 0.25) is 0 Å². The molecule has 3 rings (SSSR count). The molecule has 2 heterocycles. The van der Waals surface area contributed by atoms with Gasteiger partial charge in [-0.25, -0.2) is 4.98 Å². The van der Waals surface area contributed by atoms with Crippen molar-refractivity contribution in [2.75, 3.05) is 6.54 Å². The molecule has 1 atom stereocenters. The third-order valence-electron chi connectivity index (χ3n) is 4.31. The highest BCUT2D eigenvalue weighted by atomic mass is 19.4. The van der Waals surface area contributed by atoms with Crippen LogP contribution in [0.3, 0.4) is 0 Å². The lowest BCUT2D eigenvalue weighted by atomic mass is 10.0. The molecule has 6 heteroatoms. The summed E-state index contributed by atoms with van der Waals surface area (Å²) >= 11 is 0. The van der Waals surface area contributed by atoms with Gasteiger partial charge in [-0.05, 0) is 31.4 Å². The van der Waals surface area contributed by atoms with Gasteiger partial charge in [0.25, 0.3) is 0 Å². The van der Waals surface area contributed by atoms with E-state index in [9.17, 15) is 13.2 Å². The SMILES string of the molecule is FC(F)(F)Cn1ccnc1CN1CCCC1Cc1ccccc1. The second kappa shape index (κ2) is 6.74. The van der Waals surface area contributed by atoms with Crippen LogP contribution >= 0.6 is 0 Å². The Morgan fingerprint density at radius 1 is 1.17 bits per heavy atom. The molecule has 1 aliphatic heterocycles. The minimum atomic E-state index is -4.22. The lowest BCUT2D eigenvalue weighted by Crippen LogP contribution is -2.32. The Morgan fingerprint density at radius 3 is 2.70 bits per heavy atom. The van der Waals surface area contributed by atoms with E-state index in [1.165, 1.54) is 22.5 Å². The second-order valence-corrected chi connectivity index (χ2v) is 6.04. The average molecular weight is 323 g/mol. The van der Waals surface area contributed by atoms with Crippen LogP contribution in [0.4, 0.5) is 13.2 Å². The van der Waals surface area contributed by atoms with Crippen LogP contribution in [-0.4, -0.2) is 33.2 Å². The summed E-state index contributed by atoms with van der Waals surface area (Å²) in [6.45, 7) is 0.413. The number of hydrogen-bond donors (Lipinski definition) is 0. The summed E-state index contributed by atoms with van der Waals surface area (Å²) in [5, 5.41) is 0. The number of rotatable bonds is 5. The quantitative estimate of drug-likeness (QED) is 0.837. The van der Waals surface area contributed by atoms with Gasteiger partial charge < -0.3 is 4.57 Å². The zero-order valence-electron chi connectivity index (χ0n) is 12.8. The number of benzene rings is 1.